The number of likely N-dealkylation sites (N-methyl/N-ethyl adjacent to an activating group) is 1. The van der Waals surface area contributed by atoms with Gasteiger partial charge in [-0.2, -0.15) is 0 Å². The summed E-state index contributed by atoms with van der Waals surface area (Å²) in [6, 6.07) is 0. The Hall–Kier alpha value is -0.0100. The average Bonchev–Trinajstić information content (AvgIpc) is 2.14. The highest BCUT2D eigenvalue weighted by atomic mass is 35.5. The molecule has 0 rings (SSSR count). The van der Waals surface area contributed by atoms with E-state index in [2.05, 4.69) is 26.8 Å². The molecule has 0 saturated heterocycles. The molecule has 12 heavy (non-hydrogen) atoms. The Morgan fingerprint density at radius 3 is 1.83 bits per heavy atom. The van der Waals surface area contributed by atoms with Crippen LogP contribution in [0.25, 0.3) is 0 Å². The average molecular weight is 191 g/mol. The molecule has 2 heteroatoms. The molecule has 0 spiro atoms. The van der Waals surface area contributed by atoms with Gasteiger partial charge in [-0.3, -0.25) is 0 Å². The summed E-state index contributed by atoms with van der Waals surface area (Å²) in [5.41, 5.74) is 0. The first-order valence-electron chi connectivity index (χ1n) is 4.80. The Balaban J connectivity index is 4.01. The molecule has 0 unspecified atom stereocenters. The summed E-state index contributed by atoms with van der Waals surface area (Å²) < 4.78 is 1.17. The van der Waals surface area contributed by atoms with Gasteiger partial charge in [0.1, 0.15) is 0 Å². The van der Waals surface area contributed by atoms with Gasteiger partial charge in [-0.15, -0.1) is 11.6 Å². The normalized spacial score (nSPS) is 12.7. The van der Waals surface area contributed by atoms with Crippen LogP contribution in [0.1, 0.15) is 20.8 Å². The van der Waals surface area contributed by atoms with Crippen molar-refractivity contribution in [3.63, 3.8) is 0 Å². The first kappa shape index (κ1) is 12.0. The van der Waals surface area contributed by atoms with E-state index in [1.165, 1.54) is 24.1 Å². The molecule has 0 aromatic carbocycles. The van der Waals surface area contributed by atoms with Crippen molar-refractivity contribution in [1.29, 1.82) is 0 Å². The lowest BCUT2D eigenvalue weighted by atomic mass is 10.3. The molecule has 0 bridgehead atoms. The summed E-state index contributed by atoms with van der Waals surface area (Å²) in [7, 11) is 0. The third kappa shape index (κ3) is 3.59. The minimum atomic E-state index is 0.636. The highest BCUT2D eigenvalue weighted by Gasteiger charge is 2.17. The van der Waals surface area contributed by atoms with Crippen molar-refractivity contribution in [2.75, 3.05) is 32.1 Å². The van der Waals surface area contributed by atoms with Crippen LogP contribution in [0, 0.1) is 0 Å². The second-order valence-corrected chi connectivity index (χ2v) is 3.41. The van der Waals surface area contributed by atoms with Crippen molar-refractivity contribution in [1.82, 2.24) is 0 Å². The lowest BCUT2D eigenvalue weighted by molar-refractivity contribution is -0.917. The fourth-order valence-electron chi connectivity index (χ4n) is 1.42. The molecule has 72 valence electrons. The Labute approximate surface area is 81.6 Å². The molecule has 0 N–H and O–H groups in total. The topological polar surface area (TPSA) is 0 Å². The molecule has 0 aromatic rings. The summed E-state index contributed by atoms with van der Waals surface area (Å²) in [6.07, 6.45) is 4.24. The largest absolute Gasteiger partial charge is 0.321 e. The van der Waals surface area contributed by atoms with E-state index in [4.69, 9.17) is 11.6 Å². The number of nitrogens with zero attached hydrogens (tertiary/aromatic N) is 1. The van der Waals surface area contributed by atoms with Crippen molar-refractivity contribution in [3.8, 4) is 0 Å². The summed E-state index contributed by atoms with van der Waals surface area (Å²) in [5, 5.41) is 0. The number of halogens is 1. The number of hydrogen-bond donors (Lipinski definition) is 0. The zero-order valence-corrected chi connectivity index (χ0v) is 9.27. The third-order valence-corrected chi connectivity index (χ3v) is 2.94. The van der Waals surface area contributed by atoms with Crippen molar-refractivity contribution < 1.29 is 4.48 Å². The molecule has 0 atom stereocenters. The van der Waals surface area contributed by atoms with Gasteiger partial charge in [0.15, 0.2) is 0 Å². The van der Waals surface area contributed by atoms with Gasteiger partial charge in [-0.05, 0) is 26.8 Å². The molecule has 0 aliphatic carbocycles. The van der Waals surface area contributed by atoms with Crippen molar-refractivity contribution in [2.24, 2.45) is 0 Å². The molecular formula is C10H21ClN+. The van der Waals surface area contributed by atoms with Crippen LogP contribution < -0.4 is 0 Å². The highest BCUT2D eigenvalue weighted by Crippen LogP contribution is 2.05. The van der Waals surface area contributed by atoms with E-state index in [1.807, 2.05) is 6.08 Å². The maximum atomic E-state index is 5.57. The van der Waals surface area contributed by atoms with Crippen LogP contribution in [0.15, 0.2) is 12.2 Å². The fraction of sp³-hybridized carbons (Fsp3) is 0.800. The maximum absolute atomic E-state index is 5.57. The van der Waals surface area contributed by atoms with E-state index in [9.17, 15) is 0 Å². The molecule has 0 aromatic heterocycles. The molecule has 0 fully saturated rings. The zero-order chi connectivity index (χ0) is 9.45. The lowest BCUT2D eigenvalue weighted by Crippen LogP contribution is -2.47. The molecule has 0 heterocycles. The van der Waals surface area contributed by atoms with Gasteiger partial charge in [0.05, 0.1) is 26.2 Å². The van der Waals surface area contributed by atoms with Crippen molar-refractivity contribution in [3.05, 3.63) is 12.2 Å². The summed E-state index contributed by atoms with van der Waals surface area (Å²) in [5.74, 6) is 0.636. The van der Waals surface area contributed by atoms with Crippen molar-refractivity contribution >= 4 is 11.6 Å². The lowest BCUT2D eigenvalue weighted by Gasteiger charge is -2.34. The van der Waals surface area contributed by atoms with E-state index >= 15 is 0 Å². The minimum absolute atomic E-state index is 0.636. The van der Waals surface area contributed by atoms with Gasteiger partial charge in [-0.25, -0.2) is 0 Å². The molecular weight excluding hydrogens is 170 g/mol. The smallest absolute Gasteiger partial charge is 0.0973 e. The molecule has 0 aliphatic heterocycles. The van der Waals surface area contributed by atoms with E-state index < -0.39 is 0 Å². The van der Waals surface area contributed by atoms with Crippen molar-refractivity contribution in [2.45, 2.75) is 20.8 Å². The van der Waals surface area contributed by atoms with Gasteiger partial charge in [0.2, 0.25) is 0 Å². The number of quaternary nitrogens is 1. The number of alkyl halides is 1. The molecule has 1 nitrogen and oxygen atoms in total. The van der Waals surface area contributed by atoms with Crippen LogP contribution in [0.2, 0.25) is 0 Å². The predicted molar refractivity (Wildman–Crippen MR) is 56.6 cm³/mol. The van der Waals surface area contributed by atoms with Crippen LogP contribution in [0.4, 0.5) is 0 Å². The number of rotatable bonds is 6. The van der Waals surface area contributed by atoms with E-state index in [0.717, 1.165) is 6.54 Å². The van der Waals surface area contributed by atoms with Gasteiger partial charge in [-0.1, -0.05) is 6.08 Å². The summed E-state index contributed by atoms with van der Waals surface area (Å²) in [6.45, 7) is 11.5. The van der Waals surface area contributed by atoms with Gasteiger partial charge in [0.25, 0.3) is 0 Å². The first-order chi connectivity index (χ1) is 5.74. The van der Waals surface area contributed by atoms with Crippen LogP contribution >= 0.6 is 11.6 Å². The predicted octanol–water partition coefficient (Wildman–Crippen LogP) is 2.66. The zero-order valence-electron chi connectivity index (χ0n) is 8.52. The van der Waals surface area contributed by atoms with Gasteiger partial charge < -0.3 is 4.48 Å². The van der Waals surface area contributed by atoms with E-state index in [0.29, 0.717) is 5.88 Å². The number of hydrogen-bond acceptors (Lipinski definition) is 0. The Morgan fingerprint density at radius 2 is 1.50 bits per heavy atom. The van der Waals surface area contributed by atoms with E-state index in [-0.39, 0.29) is 0 Å². The Morgan fingerprint density at radius 1 is 1.00 bits per heavy atom. The second kappa shape index (κ2) is 6.50. The molecule has 0 aliphatic rings. The molecule has 0 radical (unpaired) electrons. The van der Waals surface area contributed by atoms with Gasteiger partial charge >= 0.3 is 0 Å². The monoisotopic (exact) mass is 190 g/mol. The SMILES string of the molecule is CC[N+](CC)(CC)C/C=C/CCl. The quantitative estimate of drug-likeness (QED) is 0.343. The first-order valence-corrected chi connectivity index (χ1v) is 5.34. The molecule has 0 saturated carbocycles. The fourth-order valence-corrected chi connectivity index (χ4v) is 1.55. The number of allylic oxidation sites excluding steroid dienone is 1. The minimum Gasteiger partial charge on any atom is -0.321 e. The summed E-state index contributed by atoms with van der Waals surface area (Å²) >= 11 is 5.57. The second-order valence-electron chi connectivity index (χ2n) is 3.10. The van der Waals surface area contributed by atoms with Crippen LogP contribution in [0.3, 0.4) is 0 Å². The van der Waals surface area contributed by atoms with E-state index in [1.54, 1.807) is 0 Å². The Bertz CT molecular complexity index is 120. The molecule has 0 amide bonds. The standard InChI is InChI=1S/C10H21ClN/c1-4-12(5-2,6-3)10-8-7-9-11/h7-8H,4-6,9-10H2,1-3H3/q+1/b8-7+. The Kier molecular flexibility index (Phi) is 6.49. The van der Waals surface area contributed by atoms with Crippen LogP contribution in [-0.2, 0) is 0 Å². The third-order valence-electron chi connectivity index (χ3n) is 2.76. The maximum Gasteiger partial charge on any atom is 0.0973 e. The van der Waals surface area contributed by atoms with Gasteiger partial charge in [0, 0.05) is 5.88 Å². The van der Waals surface area contributed by atoms with Crippen LogP contribution in [-0.4, -0.2) is 36.5 Å². The highest BCUT2D eigenvalue weighted by molar-refractivity contribution is 6.18. The van der Waals surface area contributed by atoms with Crippen LogP contribution in [0.5, 0.6) is 0 Å². The summed E-state index contributed by atoms with van der Waals surface area (Å²) in [4.78, 5) is 0.